The van der Waals surface area contributed by atoms with Gasteiger partial charge in [-0.15, -0.1) is 0 Å². The Morgan fingerprint density at radius 2 is 1.74 bits per heavy atom. The molecule has 5 heteroatoms. The maximum atomic E-state index is 11.7. The molecule has 0 aliphatic carbocycles. The van der Waals surface area contributed by atoms with Crippen molar-refractivity contribution < 1.29 is 4.92 Å². The lowest BCUT2D eigenvalue weighted by Crippen LogP contribution is -1.92. The molecule has 4 rings (SSSR count). The fraction of sp³-hybridized carbons (Fsp3) is 0.0385. The predicted octanol–water partition coefficient (Wildman–Crippen LogP) is 7.27. The monoisotopic (exact) mass is 422 g/mol. The van der Waals surface area contributed by atoms with Gasteiger partial charge >= 0.3 is 0 Å². The molecule has 150 valence electrons. The zero-order valence-electron chi connectivity index (χ0n) is 16.8. The number of fused-ring (bicyclic) bond motifs is 1. The maximum Gasteiger partial charge on any atom is 0.283 e. The highest BCUT2D eigenvalue weighted by atomic mass is 32.2. The van der Waals surface area contributed by atoms with Gasteiger partial charge in [0.1, 0.15) is 0 Å². The standard InChI is InChI=1S/C26H18N2O2S/c1-18-9-12-22(13-10-18)31-26-14-11-19(16-25(26)28(29)30)15-21(17-27)24-8-4-6-20-5-2-3-7-23(20)24/h2-16H,1H3/b21-15+. The molecule has 0 spiro atoms. The van der Waals surface area contributed by atoms with E-state index in [0.29, 0.717) is 16.0 Å². The molecule has 4 aromatic rings. The van der Waals surface area contributed by atoms with Crippen LogP contribution in [0, 0.1) is 28.4 Å². The van der Waals surface area contributed by atoms with Crippen LogP contribution in [0.15, 0.2) is 94.7 Å². The number of hydrogen-bond donors (Lipinski definition) is 0. The lowest BCUT2D eigenvalue weighted by atomic mass is 9.97. The van der Waals surface area contributed by atoms with E-state index in [-0.39, 0.29) is 10.6 Å². The first kappa shape index (κ1) is 20.4. The van der Waals surface area contributed by atoms with Gasteiger partial charge in [-0.05, 0) is 47.5 Å². The van der Waals surface area contributed by atoms with Gasteiger partial charge in [-0.25, -0.2) is 0 Å². The second kappa shape index (κ2) is 8.86. The molecule has 0 bridgehead atoms. The number of nitrogens with zero attached hydrogens (tertiary/aromatic N) is 2. The van der Waals surface area contributed by atoms with Crippen molar-refractivity contribution >= 4 is 39.9 Å². The average Bonchev–Trinajstić information content (AvgIpc) is 2.79. The number of aryl methyl sites for hydroxylation is 1. The molecule has 0 heterocycles. The Balaban J connectivity index is 1.74. The van der Waals surface area contributed by atoms with Crippen LogP contribution in [0.1, 0.15) is 16.7 Å². The average molecular weight is 423 g/mol. The Hall–Kier alpha value is -3.88. The summed E-state index contributed by atoms with van der Waals surface area (Å²) in [7, 11) is 0. The molecule has 0 atom stereocenters. The Morgan fingerprint density at radius 1 is 1.00 bits per heavy atom. The molecule has 0 saturated carbocycles. The number of hydrogen-bond acceptors (Lipinski definition) is 4. The van der Waals surface area contributed by atoms with Crippen LogP contribution >= 0.6 is 11.8 Å². The van der Waals surface area contributed by atoms with E-state index in [0.717, 1.165) is 26.8 Å². The minimum absolute atomic E-state index is 0.0227. The minimum Gasteiger partial charge on any atom is -0.258 e. The van der Waals surface area contributed by atoms with Crippen LogP contribution in [-0.4, -0.2) is 4.92 Å². The quantitative estimate of drug-likeness (QED) is 0.147. The predicted molar refractivity (Wildman–Crippen MR) is 126 cm³/mol. The summed E-state index contributed by atoms with van der Waals surface area (Å²) in [5.41, 5.74) is 3.04. The van der Waals surface area contributed by atoms with Crippen molar-refractivity contribution in [3.8, 4) is 6.07 Å². The van der Waals surface area contributed by atoms with Crippen molar-refractivity contribution in [2.24, 2.45) is 0 Å². The zero-order valence-corrected chi connectivity index (χ0v) is 17.6. The van der Waals surface area contributed by atoms with E-state index < -0.39 is 0 Å². The molecule has 0 unspecified atom stereocenters. The van der Waals surface area contributed by atoms with Gasteiger partial charge in [-0.1, -0.05) is 78.0 Å². The Bertz CT molecular complexity index is 1350. The molecule has 4 aromatic carbocycles. The van der Waals surface area contributed by atoms with Crippen molar-refractivity contribution in [3.05, 3.63) is 112 Å². The third-order valence-electron chi connectivity index (χ3n) is 4.94. The maximum absolute atomic E-state index is 11.7. The van der Waals surface area contributed by atoms with Gasteiger partial charge in [0.15, 0.2) is 0 Å². The molecular formula is C26H18N2O2S. The number of benzene rings is 4. The summed E-state index contributed by atoms with van der Waals surface area (Å²) in [6.07, 6.45) is 1.70. The Kier molecular flexibility index (Phi) is 5.83. The largest absolute Gasteiger partial charge is 0.283 e. The van der Waals surface area contributed by atoms with E-state index in [9.17, 15) is 15.4 Å². The van der Waals surface area contributed by atoms with E-state index in [1.165, 1.54) is 17.8 Å². The smallest absolute Gasteiger partial charge is 0.258 e. The Labute approximate surface area is 184 Å². The van der Waals surface area contributed by atoms with E-state index in [1.54, 1.807) is 12.1 Å². The topological polar surface area (TPSA) is 66.9 Å². The molecule has 0 fully saturated rings. The highest BCUT2D eigenvalue weighted by Gasteiger charge is 2.16. The first-order valence-corrected chi connectivity index (χ1v) is 10.5. The first-order valence-electron chi connectivity index (χ1n) is 9.68. The molecule has 0 aliphatic heterocycles. The third kappa shape index (κ3) is 4.50. The van der Waals surface area contributed by atoms with Gasteiger partial charge in [0.05, 0.1) is 21.5 Å². The molecular weight excluding hydrogens is 404 g/mol. The van der Waals surface area contributed by atoms with Gasteiger partial charge in [0.25, 0.3) is 5.69 Å². The zero-order chi connectivity index (χ0) is 21.8. The number of nitriles is 1. The number of nitro groups is 1. The first-order chi connectivity index (χ1) is 15.0. The molecule has 0 N–H and O–H groups in total. The molecule has 0 saturated heterocycles. The highest BCUT2D eigenvalue weighted by Crippen LogP contribution is 2.36. The molecule has 0 amide bonds. The fourth-order valence-corrected chi connectivity index (χ4v) is 4.28. The summed E-state index contributed by atoms with van der Waals surface area (Å²) in [6.45, 7) is 2.00. The highest BCUT2D eigenvalue weighted by molar-refractivity contribution is 7.99. The molecule has 4 nitrogen and oxygen atoms in total. The van der Waals surface area contributed by atoms with E-state index in [1.807, 2.05) is 79.7 Å². The van der Waals surface area contributed by atoms with Crippen LogP contribution < -0.4 is 0 Å². The molecule has 31 heavy (non-hydrogen) atoms. The summed E-state index contributed by atoms with van der Waals surface area (Å²) in [5.74, 6) is 0. The number of nitro benzene ring substituents is 1. The number of allylic oxidation sites excluding steroid dienone is 1. The van der Waals surface area contributed by atoms with E-state index in [4.69, 9.17) is 0 Å². The van der Waals surface area contributed by atoms with Gasteiger partial charge in [-0.2, -0.15) is 5.26 Å². The van der Waals surface area contributed by atoms with Crippen LogP contribution in [0.3, 0.4) is 0 Å². The van der Waals surface area contributed by atoms with E-state index >= 15 is 0 Å². The number of rotatable bonds is 5. The normalized spacial score (nSPS) is 11.3. The van der Waals surface area contributed by atoms with Crippen molar-refractivity contribution in [2.75, 3.05) is 0 Å². The summed E-state index contributed by atoms with van der Waals surface area (Å²) < 4.78 is 0. The van der Waals surface area contributed by atoms with Crippen LogP contribution in [0.5, 0.6) is 0 Å². The van der Waals surface area contributed by atoms with Crippen LogP contribution in [0.25, 0.3) is 22.4 Å². The fourth-order valence-electron chi connectivity index (χ4n) is 3.38. The van der Waals surface area contributed by atoms with Gasteiger partial charge in [0, 0.05) is 16.5 Å². The summed E-state index contributed by atoms with van der Waals surface area (Å²) in [5, 5.41) is 23.5. The van der Waals surface area contributed by atoms with Crippen molar-refractivity contribution in [1.82, 2.24) is 0 Å². The minimum atomic E-state index is -0.377. The van der Waals surface area contributed by atoms with Crippen LogP contribution in [0.4, 0.5) is 5.69 Å². The van der Waals surface area contributed by atoms with Crippen molar-refractivity contribution in [3.63, 3.8) is 0 Å². The SMILES string of the molecule is Cc1ccc(Sc2ccc(/C=C(\C#N)c3cccc4ccccc34)cc2[N+](=O)[O-])cc1. The molecule has 0 aliphatic rings. The third-order valence-corrected chi connectivity index (χ3v) is 6.01. The summed E-state index contributed by atoms with van der Waals surface area (Å²) in [4.78, 5) is 12.8. The molecule has 0 radical (unpaired) electrons. The second-order valence-corrected chi connectivity index (χ2v) is 8.21. The summed E-state index contributed by atoms with van der Waals surface area (Å²) in [6, 6.07) is 28.9. The second-order valence-electron chi connectivity index (χ2n) is 7.10. The lowest BCUT2D eigenvalue weighted by molar-refractivity contribution is -0.387. The van der Waals surface area contributed by atoms with Gasteiger partial charge < -0.3 is 0 Å². The van der Waals surface area contributed by atoms with Crippen LogP contribution in [0.2, 0.25) is 0 Å². The van der Waals surface area contributed by atoms with Crippen molar-refractivity contribution in [1.29, 1.82) is 5.26 Å². The van der Waals surface area contributed by atoms with Gasteiger partial charge in [0.2, 0.25) is 0 Å². The summed E-state index contributed by atoms with van der Waals surface area (Å²) >= 11 is 1.36. The van der Waals surface area contributed by atoms with E-state index in [2.05, 4.69) is 6.07 Å². The van der Waals surface area contributed by atoms with Crippen molar-refractivity contribution in [2.45, 2.75) is 16.7 Å². The lowest BCUT2D eigenvalue weighted by Gasteiger charge is -2.07. The Morgan fingerprint density at radius 3 is 2.48 bits per heavy atom. The van der Waals surface area contributed by atoms with Gasteiger partial charge in [-0.3, -0.25) is 10.1 Å². The molecule has 0 aromatic heterocycles. The van der Waals surface area contributed by atoms with Crippen LogP contribution in [-0.2, 0) is 0 Å².